The first-order valence-electron chi connectivity index (χ1n) is 8.85. The average molecular weight is 387 g/mol. The van der Waals surface area contributed by atoms with Crippen molar-refractivity contribution >= 4 is 22.4 Å². The number of hydrogen-bond donors (Lipinski definition) is 0. The number of fused-ring (bicyclic) bond motifs is 4. The lowest BCUT2D eigenvalue weighted by molar-refractivity contribution is 0.0219. The molecule has 0 bridgehead atoms. The van der Waals surface area contributed by atoms with Gasteiger partial charge in [0.1, 0.15) is 5.75 Å². The van der Waals surface area contributed by atoms with Crippen LogP contribution in [-0.2, 0) is 16.4 Å². The number of benzene rings is 1. The van der Waals surface area contributed by atoms with Gasteiger partial charge in [0, 0.05) is 37.3 Å². The Kier molecular flexibility index (Phi) is 5.36. The Bertz CT molecular complexity index is 740. The standard InChI is InChI=1S/C18H26N2O3S.ClH/c1-23-18-7-3-6-14-15(18)8-10-19-12-13-5-4-9-20(24(2,21)22)16(13)11-17(14)19;/h3,6-7,13,16-17H,4-5,8-12H2,1-2H3;1H/t13-,16+,17-;/m1./s1. The maximum atomic E-state index is 12.2. The van der Waals surface area contributed by atoms with Crippen LogP contribution in [0.3, 0.4) is 0 Å². The largest absolute Gasteiger partial charge is 0.496 e. The molecular formula is C18H27ClN2O3S. The van der Waals surface area contributed by atoms with E-state index in [1.54, 1.807) is 11.4 Å². The van der Waals surface area contributed by atoms with Crippen molar-refractivity contribution in [2.45, 2.75) is 37.8 Å². The molecule has 0 aromatic heterocycles. The van der Waals surface area contributed by atoms with Crippen LogP contribution in [0.1, 0.15) is 36.4 Å². The fourth-order valence-corrected chi connectivity index (χ4v) is 6.23. The predicted octanol–water partition coefficient (Wildman–Crippen LogP) is 2.46. The highest BCUT2D eigenvalue weighted by atomic mass is 35.5. The van der Waals surface area contributed by atoms with Crippen LogP contribution >= 0.6 is 12.4 Å². The van der Waals surface area contributed by atoms with E-state index in [0.29, 0.717) is 18.5 Å². The van der Waals surface area contributed by atoms with Gasteiger partial charge in [0.05, 0.1) is 13.4 Å². The third-order valence-electron chi connectivity index (χ3n) is 6.07. The van der Waals surface area contributed by atoms with E-state index in [-0.39, 0.29) is 18.4 Å². The van der Waals surface area contributed by atoms with Crippen LogP contribution in [0, 0.1) is 5.92 Å². The molecule has 0 N–H and O–H groups in total. The summed E-state index contributed by atoms with van der Waals surface area (Å²) >= 11 is 0. The molecule has 3 atom stereocenters. The summed E-state index contributed by atoms with van der Waals surface area (Å²) in [4.78, 5) is 2.56. The number of halogens is 1. The van der Waals surface area contributed by atoms with Crippen LogP contribution < -0.4 is 4.74 Å². The predicted molar refractivity (Wildman–Crippen MR) is 101 cm³/mol. The van der Waals surface area contributed by atoms with Crippen LogP contribution in [0.25, 0.3) is 0 Å². The first-order chi connectivity index (χ1) is 11.5. The molecule has 0 amide bonds. The molecular weight excluding hydrogens is 360 g/mol. The first-order valence-corrected chi connectivity index (χ1v) is 10.7. The van der Waals surface area contributed by atoms with Crippen molar-refractivity contribution in [3.8, 4) is 5.75 Å². The van der Waals surface area contributed by atoms with Gasteiger partial charge in [0.15, 0.2) is 0 Å². The lowest BCUT2D eigenvalue weighted by atomic mass is 9.77. The van der Waals surface area contributed by atoms with Crippen molar-refractivity contribution in [2.24, 2.45) is 5.92 Å². The monoisotopic (exact) mass is 386 g/mol. The Morgan fingerprint density at radius 2 is 2.04 bits per heavy atom. The lowest BCUT2D eigenvalue weighted by Crippen LogP contribution is -2.57. The molecule has 0 radical (unpaired) electrons. The Morgan fingerprint density at radius 3 is 2.76 bits per heavy atom. The fourth-order valence-electron chi connectivity index (χ4n) is 5.02. The highest BCUT2D eigenvalue weighted by Crippen LogP contribution is 2.44. The van der Waals surface area contributed by atoms with E-state index >= 15 is 0 Å². The smallest absolute Gasteiger partial charge is 0.211 e. The van der Waals surface area contributed by atoms with Gasteiger partial charge in [-0.15, -0.1) is 12.4 Å². The summed E-state index contributed by atoms with van der Waals surface area (Å²) in [6.07, 6.45) is 5.41. The molecule has 5 nitrogen and oxygen atoms in total. The minimum absolute atomic E-state index is 0. The second-order valence-electron chi connectivity index (χ2n) is 7.37. The van der Waals surface area contributed by atoms with E-state index in [4.69, 9.17) is 4.74 Å². The number of methoxy groups -OCH3 is 1. The maximum absolute atomic E-state index is 12.2. The van der Waals surface area contributed by atoms with Crippen LogP contribution in [0.4, 0.5) is 0 Å². The molecule has 25 heavy (non-hydrogen) atoms. The van der Waals surface area contributed by atoms with Crippen LogP contribution in [0.2, 0.25) is 0 Å². The van der Waals surface area contributed by atoms with Gasteiger partial charge < -0.3 is 4.74 Å². The van der Waals surface area contributed by atoms with E-state index in [1.165, 1.54) is 17.4 Å². The minimum atomic E-state index is -3.13. The Labute approximate surface area is 156 Å². The molecule has 140 valence electrons. The molecule has 2 fully saturated rings. The Morgan fingerprint density at radius 1 is 1.24 bits per heavy atom. The van der Waals surface area contributed by atoms with Gasteiger partial charge in [-0.05, 0) is 43.2 Å². The van der Waals surface area contributed by atoms with Crippen LogP contribution in [0.5, 0.6) is 5.75 Å². The summed E-state index contributed by atoms with van der Waals surface area (Å²) in [5.41, 5.74) is 2.64. The van der Waals surface area contributed by atoms with E-state index in [0.717, 1.165) is 44.5 Å². The van der Waals surface area contributed by atoms with Crippen LogP contribution in [0.15, 0.2) is 18.2 Å². The van der Waals surface area contributed by atoms with Gasteiger partial charge in [-0.3, -0.25) is 4.90 Å². The molecule has 3 heterocycles. The van der Waals surface area contributed by atoms with Crippen molar-refractivity contribution < 1.29 is 13.2 Å². The minimum Gasteiger partial charge on any atom is -0.496 e. The van der Waals surface area contributed by atoms with E-state index in [1.807, 2.05) is 6.07 Å². The second-order valence-corrected chi connectivity index (χ2v) is 9.30. The van der Waals surface area contributed by atoms with Gasteiger partial charge in [-0.1, -0.05) is 12.1 Å². The molecule has 7 heteroatoms. The molecule has 1 aromatic carbocycles. The van der Waals surface area contributed by atoms with Crippen molar-refractivity contribution in [1.82, 2.24) is 9.21 Å². The number of ether oxygens (including phenoxy) is 1. The van der Waals surface area contributed by atoms with Crippen molar-refractivity contribution in [3.05, 3.63) is 29.3 Å². The highest BCUT2D eigenvalue weighted by molar-refractivity contribution is 7.88. The Balaban J connectivity index is 0.00000182. The summed E-state index contributed by atoms with van der Waals surface area (Å²) in [6, 6.07) is 6.74. The molecule has 3 aliphatic heterocycles. The number of hydrogen-bond acceptors (Lipinski definition) is 4. The first kappa shape index (κ1) is 19.0. The van der Waals surface area contributed by atoms with E-state index in [2.05, 4.69) is 17.0 Å². The van der Waals surface area contributed by atoms with Crippen molar-refractivity contribution in [3.63, 3.8) is 0 Å². The zero-order valence-corrected chi connectivity index (χ0v) is 16.5. The zero-order valence-electron chi connectivity index (χ0n) is 14.8. The summed E-state index contributed by atoms with van der Waals surface area (Å²) in [5, 5.41) is 0. The third-order valence-corrected chi connectivity index (χ3v) is 7.37. The summed E-state index contributed by atoms with van der Waals surface area (Å²) in [7, 11) is -1.41. The SMILES string of the molecule is COc1cccc2c1CCN1C[C@H]3CCCN(S(C)(=O)=O)[C@H]3C[C@H]21.Cl. The molecule has 0 saturated carbocycles. The van der Waals surface area contributed by atoms with Gasteiger partial charge >= 0.3 is 0 Å². The normalized spacial score (nSPS) is 29.8. The summed E-state index contributed by atoms with van der Waals surface area (Å²) < 4.78 is 31.8. The zero-order chi connectivity index (χ0) is 16.9. The third kappa shape index (κ3) is 3.29. The molecule has 3 aliphatic rings. The van der Waals surface area contributed by atoms with Gasteiger partial charge in [0.25, 0.3) is 0 Å². The highest BCUT2D eigenvalue weighted by Gasteiger charge is 2.45. The van der Waals surface area contributed by atoms with E-state index in [9.17, 15) is 8.42 Å². The number of sulfonamides is 1. The van der Waals surface area contributed by atoms with Crippen LogP contribution in [-0.4, -0.2) is 56.7 Å². The fraction of sp³-hybridized carbons (Fsp3) is 0.667. The van der Waals surface area contributed by atoms with Gasteiger partial charge in [-0.25, -0.2) is 8.42 Å². The van der Waals surface area contributed by atoms with Gasteiger partial charge in [0.2, 0.25) is 10.0 Å². The van der Waals surface area contributed by atoms with Crippen molar-refractivity contribution in [2.75, 3.05) is 33.0 Å². The molecule has 0 unspecified atom stereocenters. The molecule has 1 aromatic rings. The quantitative estimate of drug-likeness (QED) is 0.783. The number of nitrogens with zero attached hydrogens (tertiary/aromatic N) is 2. The molecule has 0 spiro atoms. The molecule has 2 saturated heterocycles. The topological polar surface area (TPSA) is 49.9 Å². The lowest BCUT2D eigenvalue weighted by Gasteiger charge is -2.51. The number of piperidine rings is 2. The average Bonchev–Trinajstić information content (AvgIpc) is 2.57. The second kappa shape index (κ2) is 7.06. The van der Waals surface area contributed by atoms with E-state index < -0.39 is 10.0 Å². The number of rotatable bonds is 2. The molecule has 0 aliphatic carbocycles. The Hall–Kier alpha value is -0.820. The summed E-state index contributed by atoms with van der Waals surface area (Å²) in [6.45, 7) is 2.73. The van der Waals surface area contributed by atoms with Crippen molar-refractivity contribution in [1.29, 1.82) is 0 Å². The molecule has 4 rings (SSSR count). The maximum Gasteiger partial charge on any atom is 0.211 e. The van der Waals surface area contributed by atoms with Gasteiger partial charge in [-0.2, -0.15) is 4.31 Å². The summed E-state index contributed by atoms with van der Waals surface area (Å²) in [5.74, 6) is 1.44.